The number of ether oxygens (including phenoxy) is 2. The van der Waals surface area contributed by atoms with Crippen molar-refractivity contribution in [3.63, 3.8) is 0 Å². The fraction of sp³-hybridized carbons (Fsp3) is 0.417. The molecule has 0 aliphatic carbocycles. The molecule has 198 valence electrons. The predicted octanol–water partition coefficient (Wildman–Crippen LogP) is 1.94. The Hall–Kier alpha value is -2.58. The number of aromatic nitrogens is 3. The Balaban J connectivity index is 1.44. The van der Waals surface area contributed by atoms with Crippen LogP contribution in [0.5, 0.6) is 0 Å². The predicted molar refractivity (Wildman–Crippen MR) is 124 cm³/mol. The third-order valence-electron chi connectivity index (χ3n) is 6.76. The van der Waals surface area contributed by atoms with E-state index in [4.69, 9.17) is 21.1 Å². The highest BCUT2D eigenvalue weighted by Gasteiger charge is 2.61. The summed E-state index contributed by atoms with van der Waals surface area (Å²) < 4.78 is 53.8. The summed E-state index contributed by atoms with van der Waals surface area (Å²) in [6, 6.07) is 6.97. The number of rotatable bonds is 6. The van der Waals surface area contributed by atoms with Crippen LogP contribution in [0.4, 0.5) is 13.2 Å². The van der Waals surface area contributed by atoms with Gasteiger partial charge in [0.25, 0.3) is 0 Å². The van der Waals surface area contributed by atoms with E-state index in [2.05, 4.69) is 15.6 Å². The molecule has 37 heavy (non-hydrogen) atoms. The molecule has 2 saturated heterocycles. The van der Waals surface area contributed by atoms with Gasteiger partial charge in [0.15, 0.2) is 17.5 Å². The van der Waals surface area contributed by atoms with E-state index in [1.807, 2.05) is 12.1 Å². The first-order chi connectivity index (χ1) is 17.7. The Bertz CT molecular complexity index is 1240. The second-order valence-electron chi connectivity index (χ2n) is 9.02. The number of hydrogen-bond acceptors (Lipinski definition) is 8. The zero-order valence-electron chi connectivity index (χ0n) is 19.3. The van der Waals surface area contributed by atoms with Crippen LogP contribution in [0.25, 0.3) is 11.3 Å². The summed E-state index contributed by atoms with van der Waals surface area (Å²) in [5.41, 5.74) is 0.807. The first-order valence-corrected chi connectivity index (χ1v) is 11.9. The molecule has 3 aromatic rings. The average Bonchev–Trinajstić information content (AvgIpc) is 3.52. The summed E-state index contributed by atoms with van der Waals surface area (Å²) in [5.74, 6) is -6.06. The van der Waals surface area contributed by atoms with Crippen LogP contribution >= 0.6 is 11.6 Å². The van der Waals surface area contributed by atoms with Gasteiger partial charge in [0, 0.05) is 17.1 Å². The molecule has 2 aliphatic heterocycles. The minimum atomic E-state index is -1.65. The minimum absolute atomic E-state index is 0.0250. The van der Waals surface area contributed by atoms with Crippen molar-refractivity contribution in [1.82, 2.24) is 20.3 Å². The van der Waals surface area contributed by atoms with Crippen LogP contribution in [-0.4, -0.2) is 73.7 Å². The molecule has 1 spiro atoms. The Morgan fingerprint density at radius 2 is 1.84 bits per heavy atom. The van der Waals surface area contributed by atoms with Crippen molar-refractivity contribution in [2.24, 2.45) is 0 Å². The Labute approximate surface area is 214 Å². The highest BCUT2D eigenvalue weighted by atomic mass is 35.5. The Morgan fingerprint density at radius 3 is 2.51 bits per heavy atom. The third kappa shape index (κ3) is 4.74. The normalized spacial score (nSPS) is 29.8. The lowest BCUT2D eigenvalue weighted by molar-refractivity contribution is -0.345. The van der Waals surface area contributed by atoms with Crippen LogP contribution in [-0.2, 0) is 16.0 Å². The fourth-order valence-electron chi connectivity index (χ4n) is 4.86. The van der Waals surface area contributed by atoms with Crippen LogP contribution in [0, 0.1) is 17.5 Å². The number of nitrogens with zero attached hydrogens (tertiary/aromatic N) is 3. The van der Waals surface area contributed by atoms with E-state index in [9.17, 15) is 28.5 Å². The molecule has 3 heterocycles. The van der Waals surface area contributed by atoms with Gasteiger partial charge < -0.3 is 30.1 Å². The number of nitrogens with one attached hydrogen (secondary N) is 1. The maximum Gasteiger partial charge on any atom is 0.213 e. The van der Waals surface area contributed by atoms with Crippen molar-refractivity contribution >= 4 is 11.6 Å². The second-order valence-corrected chi connectivity index (χ2v) is 9.46. The first kappa shape index (κ1) is 26.0. The van der Waals surface area contributed by atoms with Crippen LogP contribution in [0.15, 0.2) is 42.6 Å². The lowest BCUT2D eigenvalue weighted by atomic mass is 9.86. The van der Waals surface area contributed by atoms with E-state index >= 15 is 0 Å². The monoisotopic (exact) mass is 540 g/mol. The van der Waals surface area contributed by atoms with Crippen molar-refractivity contribution in [3.05, 3.63) is 70.6 Å². The molecule has 4 N–H and O–H groups in total. The van der Waals surface area contributed by atoms with Gasteiger partial charge in [0.05, 0.1) is 25.5 Å². The van der Waals surface area contributed by atoms with Gasteiger partial charge in [-0.1, -0.05) is 28.9 Å². The molecule has 0 amide bonds. The summed E-state index contributed by atoms with van der Waals surface area (Å²) in [6.45, 7) is 0.0393. The number of aliphatic hydroxyl groups is 3. The quantitative estimate of drug-likeness (QED) is 0.350. The fourth-order valence-corrected chi connectivity index (χ4v) is 4.98. The summed E-state index contributed by atoms with van der Waals surface area (Å²) in [6.07, 6.45) is -2.38. The van der Waals surface area contributed by atoms with Gasteiger partial charge in [-0.15, -0.1) is 5.10 Å². The van der Waals surface area contributed by atoms with Crippen LogP contribution < -0.4 is 5.32 Å². The minimum Gasteiger partial charge on any atom is -0.394 e. The van der Waals surface area contributed by atoms with Crippen LogP contribution in [0.2, 0.25) is 5.02 Å². The zero-order valence-corrected chi connectivity index (χ0v) is 20.0. The average molecular weight is 541 g/mol. The van der Waals surface area contributed by atoms with Gasteiger partial charge in [-0.05, 0) is 36.2 Å². The highest BCUT2D eigenvalue weighted by Crippen LogP contribution is 2.43. The molecule has 5 rings (SSSR count). The van der Waals surface area contributed by atoms with E-state index in [-0.39, 0.29) is 17.9 Å². The molecule has 9 nitrogen and oxygen atoms in total. The van der Waals surface area contributed by atoms with Gasteiger partial charge in [-0.25, -0.2) is 17.9 Å². The van der Waals surface area contributed by atoms with E-state index in [1.165, 1.54) is 6.20 Å². The summed E-state index contributed by atoms with van der Waals surface area (Å²) in [5, 5.41) is 44.0. The number of benzene rings is 2. The standard InChI is InChI=1S/C24H24ClF3N4O5/c25-14-3-1-12(2-4-14)9-29-19-5-6-36-24(19)23(35)21(22(34)18(11-33)37-24)32-10-17(30-31-32)13-7-15(26)20(28)16(27)8-13/h1-4,7-8,10,18-19,21-23,29,33-35H,5-6,9,11H2/t18-,19-,21+,22+,23-,24+/m1/s1. The third-order valence-corrected chi connectivity index (χ3v) is 7.02. The first-order valence-electron chi connectivity index (χ1n) is 11.6. The van der Waals surface area contributed by atoms with Gasteiger partial charge in [0.1, 0.15) is 30.0 Å². The Morgan fingerprint density at radius 1 is 1.14 bits per heavy atom. The molecular weight excluding hydrogens is 517 g/mol. The SMILES string of the molecule is OC[C@H]1O[C@]2(OCC[C@H]2NCc2ccc(Cl)cc2)[C@H](O)[C@@H](n2cc(-c3cc(F)c(F)c(F)c3)nn2)[C@H]1O. The second kappa shape index (κ2) is 10.3. The molecule has 1 aromatic heterocycles. The highest BCUT2D eigenvalue weighted by molar-refractivity contribution is 6.30. The molecule has 2 fully saturated rings. The lowest BCUT2D eigenvalue weighted by Crippen LogP contribution is -2.68. The van der Waals surface area contributed by atoms with Gasteiger partial charge in [-0.2, -0.15) is 0 Å². The maximum absolute atomic E-state index is 13.7. The van der Waals surface area contributed by atoms with Crippen molar-refractivity contribution in [1.29, 1.82) is 0 Å². The topological polar surface area (TPSA) is 122 Å². The lowest BCUT2D eigenvalue weighted by Gasteiger charge is -2.49. The maximum atomic E-state index is 13.7. The smallest absolute Gasteiger partial charge is 0.213 e. The van der Waals surface area contributed by atoms with Crippen molar-refractivity contribution in [2.45, 2.75) is 49.1 Å². The summed E-state index contributed by atoms with van der Waals surface area (Å²) >= 11 is 5.95. The summed E-state index contributed by atoms with van der Waals surface area (Å²) in [4.78, 5) is 0. The van der Waals surface area contributed by atoms with E-state index in [0.717, 1.165) is 22.4 Å². The summed E-state index contributed by atoms with van der Waals surface area (Å²) in [7, 11) is 0. The zero-order chi connectivity index (χ0) is 26.3. The van der Waals surface area contributed by atoms with E-state index < -0.39 is 60.2 Å². The molecule has 13 heteroatoms. The number of aliphatic hydroxyl groups excluding tert-OH is 3. The van der Waals surface area contributed by atoms with Crippen molar-refractivity contribution in [2.75, 3.05) is 13.2 Å². The number of halogens is 4. The van der Waals surface area contributed by atoms with Crippen molar-refractivity contribution < 1.29 is 38.0 Å². The largest absolute Gasteiger partial charge is 0.394 e. The van der Waals surface area contributed by atoms with Crippen LogP contribution in [0.3, 0.4) is 0 Å². The van der Waals surface area contributed by atoms with Crippen molar-refractivity contribution in [3.8, 4) is 11.3 Å². The molecule has 6 atom stereocenters. The molecule has 0 bridgehead atoms. The van der Waals surface area contributed by atoms with Gasteiger partial charge >= 0.3 is 0 Å². The van der Waals surface area contributed by atoms with E-state index in [0.29, 0.717) is 18.0 Å². The van der Waals surface area contributed by atoms with Crippen LogP contribution in [0.1, 0.15) is 18.0 Å². The van der Waals surface area contributed by atoms with Gasteiger partial charge in [-0.3, -0.25) is 0 Å². The molecule has 0 saturated carbocycles. The molecule has 2 aromatic carbocycles. The molecular formula is C24H24ClF3N4O5. The molecule has 0 radical (unpaired) electrons. The number of hydrogen-bond donors (Lipinski definition) is 4. The van der Waals surface area contributed by atoms with Gasteiger partial charge in [0.2, 0.25) is 5.79 Å². The Kier molecular flexibility index (Phi) is 7.24. The molecule has 2 aliphatic rings. The van der Waals surface area contributed by atoms with E-state index in [1.54, 1.807) is 12.1 Å². The molecule has 0 unspecified atom stereocenters.